The van der Waals surface area contributed by atoms with E-state index in [1.807, 2.05) is 0 Å². The van der Waals surface area contributed by atoms with E-state index in [9.17, 15) is 9.59 Å². The van der Waals surface area contributed by atoms with Gasteiger partial charge in [0.05, 0.1) is 12.7 Å². The summed E-state index contributed by atoms with van der Waals surface area (Å²) in [7, 11) is 1.30. The summed E-state index contributed by atoms with van der Waals surface area (Å²) in [4.78, 5) is 25.5. The number of carbonyl (C=O) groups excluding carboxylic acids is 2. The zero-order valence-corrected chi connectivity index (χ0v) is 7.88. The summed E-state index contributed by atoms with van der Waals surface area (Å²) < 4.78 is 5.91. The molecule has 2 heterocycles. The van der Waals surface area contributed by atoms with E-state index in [1.54, 1.807) is 12.1 Å². The lowest BCUT2D eigenvalue weighted by atomic mass is 10.3. The number of aldehydes is 1. The zero-order valence-electron chi connectivity index (χ0n) is 7.88. The molecule has 6 heteroatoms. The number of fused-ring (bicyclic) bond motifs is 1. The highest BCUT2D eigenvalue weighted by Crippen LogP contribution is 2.05. The third-order valence-electron chi connectivity index (χ3n) is 1.87. The van der Waals surface area contributed by atoms with Gasteiger partial charge in [0.15, 0.2) is 11.9 Å². The van der Waals surface area contributed by atoms with Crippen molar-refractivity contribution in [1.29, 1.82) is 0 Å². The summed E-state index contributed by atoms with van der Waals surface area (Å²) in [6, 6.07) is 3.15. The van der Waals surface area contributed by atoms with Gasteiger partial charge in [-0.1, -0.05) is 0 Å². The van der Waals surface area contributed by atoms with E-state index in [0.29, 0.717) is 17.5 Å². The molecule has 0 aromatic carbocycles. The summed E-state index contributed by atoms with van der Waals surface area (Å²) in [5.41, 5.74) is 0.858. The molecular formula is C9H7N3O3. The molecule has 0 unspecified atom stereocenters. The molecule has 0 amide bonds. The molecule has 0 aliphatic rings. The van der Waals surface area contributed by atoms with Crippen LogP contribution >= 0.6 is 0 Å². The van der Waals surface area contributed by atoms with Crippen molar-refractivity contribution in [3.8, 4) is 0 Å². The number of rotatable bonds is 2. The van der Waals surface area contributed by atoms with Crippen molar-refractivity contribution < 1.29 is 14.3 Å². The minimum atomic E-state index is -0.458. The maximum absolute atomic E-state index is 11.2. The molecule has 2 rings (SSSR count). The number of hydrogen-bond donors (Lipinski definition) is 0. The molecule has 0 bridgehead atoms. The monoisotopic (exact) mass is 205 g/mol. The van der Waals surface area contributed by atoms with E-state index in [4.69, 9.17) is 0 Å². The number of esters is 1. The number of methoxy groups -OCH3 is 1. The third-order valence-corrected chi connectivity index (χ3v) is 1.87. The van der Waals surface area contributed by atoms with Crippen LogP contribution in [-0.2, 0) is 4.74 Å². The largest absolute Gasteiger partial charge is 0.465 e. The van der Waals surface area contributed by atoms with Gasteiger partial charge >= 0.3 is 5.97 Å². The summed E-state index contributed by atoms with van der Waals surface area (Å²) >= 11 is 0. The minimum Gasteiger partial charge on any atom is -0.465 e. The summed E-state index contributed by atoms with van der Waals surface area (Å²) in [5.74, 6) is -0.378. The Balaban J connectivity index is 2.55. The quantitative estimate of drug-likeness (QED) is 0.521. The van der Waals surface area contributed by atoms with Crippen molar-refractivity contribution in [2.75, 3.05) is 7.11 Å². The van der Waals surface area contributed by atoms with Crippen molar-refractivity contribution in [3.63, 3.8) is 0 Å². The predicted octanol–water partition coefficient (Wildman–Crippen LogP) is 0.328. The topological polar surface area (TPSA) is 73.6 Å². The molecule has 0 saturated heterocycles. The lowest BCUT2D eigenvalue weighted by Crippen LogP contribution is -2.03. The van der Waals surface area contributed by atoms with Crippen molar-refractivity contribution in [3.05, 3.63) is 29.7 Å². The Hall–Kier alpha value is -2.24. The number of aromatic nitrogens is 3. The van der Waals surface area contributed by atoms with Crippen LogP contribution in [0.3, 0.4) is 0 Å². The van der Waals surface area contributed by atoms with Crippen LogP contribution in [0.25, 0.3) is 5.65 Å². The Bertz CT molecular complexity index is 532. The van der Waals surface area contributed by atoms with Gasteiger partial charge in [0.1, 0.15) is 0 Å². The van der Waals surface area contributed by atoms with Crippen LogP contribution in [0, 0.1) is 0 Å². The van der Waals surface area contributed by atoms with Crippen LogP contribution in [0.1, 0.15) is 21.0 Å². The third kappa shape index (κ3) is 1.56. The summed E-state index contributed by atoms with van der Waals surface area (Å²) in [6.07, 6.45) is 2.01. The molecule has 0 aliphatic carbocycles. The van der Waals surface area contributed by atoms with Crippen molar-refractivity contribution >= 4 is 17.9 Å². The number of hydrogen-bond acceptors (Lipinski definition) is 5. The predicted molar refractivity (Wildman–Crippen MR) is 49.7 cm³/mol. The number of pyridine rings is 1. The molecule has 0 N–H and O–H groups in total. The average molecular weight is 205 g/mol. The second-order valence-electron chi connectivity index (χ2n) is 2.80. The molecule has 76 valence electrons. The first-order valence-electron chi connectivity index (χ1n) is 4.14. The molecule has 15 heavy (non-hydrogen) atoms. The first-order valence-corrected chi connectivity index (χ1v) is 4.14. The molecule has 0 aliphatic heterocycles. The SMILES string of the molecule is COC(=O)c1ccc2nc(C=O)nn2c1. The molecule has 2 aromatic heterocycles. The van der Waals surface area contributed by atoms with Crippen molar-refractivity contribution in [1.82, 2.24) is 14.6 Å². The maximum atomic E-state index is 11.2. The van der Waals surface area contributed by atoms with Gasteiger partial charge in [-0.15, -0.1) is 5.10 Å². The number of nitrogens with zero attached hydrogens (tertiary/aromatic N) is 3. The number of ether oxygens (including phenoxy) is 1. The fourth-order valence-electron chi connectivity index (χ4n) is 1.19. The lowest BCUT2D eigenvalue weighted by Gasteiger charge is -1.98. The smallest absolute Gasteiger partial charge is 0.339 e. The Kier molecular flexibility index (Phi) is 2.17. The van der Waals surface area contributed by atoms with Crippen LogP contribution < -0.4 is 0 Å². The molecular weight excluding hydrogens is 198 g/mol. The van der Waals surface area contributed by atoms with Gasteiger partial charge in [-0.25, -0.2) is 14.3 Å². The van der Waals surface area contributed by atoms with Gasteiger partial charge in [-0.3, -0.25) is 4.79 Å². The maximum Gasteiger partial charge on any atom is 0.339 e. The van der Waals surface area contributed by atoms with Gasteiger partial charge in [0.2, 0.25) is 5.82 Å². The standard InChI is InChI=1S/C9H7N3O3/c1-15-9(14)6-2-3-8-10-7(5-13)11-12(8)4-6/h2-5H,1H3. The van der Waals surface area contributed by atoms with E-state index in [2.05, 4.69) is 14.8 Å². The molecule has 0 spiro atoms. The Morgan fingerprint density at radius 2 is 2.33 bits per heavy atom. The van der Waals surface area contributed by atoms with E-state index in [1.165, 1.54) is 17.8 Å². The van der Waals surface area contributed by atoms with Gasteiger partial charge in [0.25, 0.3) is 0 Å². The number of carbonyl (C=O) groups is 2. The zero-order chi connectivity index (χ0) is 10.8. The van der Waals surface area contributed by atoms with Crippen LogP contribution in [0.2, 0.25) is 0 Å². The van der Waals surface area contributed by atoms with Crippen LogP contribution in [0.4, 0.5) is 0 Å². The Morgan fingerprint density at radius 3 is 3.00 bits per heavy atom. The van der Waals surface area contributed by atoms with E-state index in [-0.39, 0.29) is 5.82 Å². The highest BCUT2D eigenvalue weighted by molar-refractivity contribution is 5.89. The molecule has 0 radical (unpaired) electrons. The van der Waals surface area contributed by atoms with Gasteiger partial charge in [-0.05, 0) is 12.1 Å². The Morgan fingerprint density at radius 1 is 1.53 bits per heavy atom. The Labute approximate surface area is 84.5 Å². The molecule has 0 atom stereocenters. The summed E-state index contributed by atoms with van der Waals surface area (Å²) in [6.45, 7) is 0. The minimum absolute atomic E-state index is 0.0806. The average Bonchev–Trinajstić information content (AvgIpc) is 2.69. The van der Waals surface area contributed by atoms with E-state index < -0.39 is 5.97 Å². The normalized spacial score (nSPS) is 10.2. The second-order valence-corrected chi connectivity index (χ2v) is 2.80. The van der Waals surface area contributed by atoms with Crippen LogP contribution in [-0.4, -0.2) is 34.0 Å². The van der Waals surface area contributed by atoms with Crippen molar-refractivity contribution in [2.24, 2.45) is 0 Å². The molecule has 0 fully saturated rings. The molecule has 6 nitrogen and oxygen atoms in total. The summed E-state index contributed by atoms with van der Waals surface area (Å²) in [5, 5.41) is 3.84. The first-order chi connectivity index (χ1) is 7.24. The fourth-order valence-corrected chi connectivity index (χ4v) is 1.19. The lowest BCUT2D eigenvalue weighted by molar-refractivity contribution is 0.0600. The van der Waals surface area contributed by atoms with Gasteiger partial charge in [0, 0.05) is 6.20 Å². The molecule has 2 aromatic rings. The van der Waals surface area contributed by atoms with Crippen LogP contribution in [0.15, 0.2) is 18.3 Å². The van der Waals surface area contributed by atoms with Gasteiger partial charge < -0.3 is 4.74 Å². The molecule has 0 saturated carbocycles. The second kappa shape index (κ2) is 3.49. The van der Waals surface area contributed by atoms with Gasteiger partial charge in [-0.2, -0.15) is 0 Å². The highest BCUT2D eigenvalue weighted by atomic mass is 16.5. The highest BCUT2D eigenvalue weighted by Gasteiger charge is 2.08. The first kappa shape index (κ1) is 9.32. The van der Waals surface area contributed by atoms with E-state index >= 15 is 0 Å². The van der Waals surface area contributed by atoms with Crippen molar-refractivity contribution in [2.45, 2.75) is 0 Å². The van der Waals surface area contributed by atoms with Crippen LogP contribution in [0.5, 0.6) is 0 Å². The fraction of sp³-hybridized carbons (Fsp3) is 0.111. The van der Waals surface area contributed by atoms with E-state index in [0.717, 1.165) is 0 Å².